The van der Waals surface area contributed by atoms with Gasteiger partial charge in [-0.25, -0.2) is 4.98 Å². The van der Waals surface area contributed by atoms with Crippen molar-refractivity contribution in [1.82, 2.24) is 9.88 Å². The number of benzene rings is 1. The summed E-state index contributed by atoms with van der Waals surface area (Å²) in [4.78, 5) is 18.9. The van der Waals surface area contributed by atoms with E-state index in [0.29, 0.717) is 43.8 Å². The van der Waals surface area contributed by atoms with E-state index in [1.807, 2.05) is 4.90 Å². The van der Waals surface area contributed by atoms with Crippen LogP contribution in [0.5, 0.6) is 5.88 Å². The van der Waals surface area contributed by atoms with E-state index >= 15 is 0 Å². The van der Waals surface area contributed by atoms with Crippen molar-refractivity contribution >= 4 is 5.91 Å². The molecule has 0 unspecified atom stereocenters. The Labute approximate surface area is 166 Å². The van der Waals surface area contributed by atoms with Crippen LogP contribution in [0.4, 0.5) is 0 Å². The van der Waals surface area contributed by atoms with Gasteiger partial charge in [0, 0.05) is 37.3 Å². The summed E-state index contributed by atoms with van der Waals surface area (Å²) in [6.45, 7) is 3.18. The van der Waals surface area contributed by atoms with Gasteiger partial charge >= 0.3 is 0 Å². The first-order valence-corrected chi connectivity index (χ1v) is 10.2. The molecule has 1 aromatic carbocycles. The fourth-order valence-corrected chi connectivity index (χ4v) is 3.84. The van der Waals surface area contributed by atoms with Crippen LogP contribution in [0.1, 0.15) is 53.6 Å². The van der Waals surface area contributed by atoms with Crippen LogP contribution >= 0.6 is 0 Å². The Bertz CT molecular complexity index is 822. The van der Waals surface area contributed by atoms with Gasteiger partial charge in [-0.3, -0.25) is 4.79 Å². The number of ether oxygens (including phenoxy) is 1. The van der Waals surface area contributed by atoms with Gasteiger partial charge < -0.3 is 14.7 Å². The van der Waals surface area contributed by atoms with Crippen LogP contribution in [-0.4, -0.2) is 45.7 Å². The van der Waals surface area contributed by atoms with E-state index < -0.39 is 5.60 Å². The monoisotopic (exact) mass is 380 g/mol. The van der Waals surface area contributed by atoms with Gasteiger partial charge in [-0.2, -0.15) is 0 Å². The zero-order valence-corrected chi connectivity index (χ0v) is 16.4. The molecular formula is C23H28N2O3. The summed E-state index contributed by atoms with van der Waals surface area (Å²) in [5.41, 5.74) is 2.21. The van der Waals surface area contributed by atoms with Crippen molar-refractivity contribution in [3.8, 4) is 5.88 Å². The number of hydrogen-bond donors (Lipinski definition) is 1. The van der Waals surface area contributed by atoms with E-state index in [-0.39, 0.29) is 12.0 Å². The molecule has 0 radical (unpaired) electrons. The predicted octanol–water partition coefficient (Wildman–Crippen LogP) is 3.53. The number of carbonyl (C=O) groups excluding carboxylic acids is 1. The highest BCUT2D eigenvalue weighted by Gasteiger charge is 2.34. The van der Waals surface area contributed by atoms with Crippen molar-refractivity contribution in [2.45, 2.75) is 57.2 Å². The third-order valence-electron chi connectivity index (χ3n) is 5.96. The maximum Gasteiger partial charge on any atom is 0.254 e. The lowest BCUT2D eigenvalue weighted by molar-refractivity contribution is -0.0162. The summed E-state index contributed by atoms with van der Waals surface area (Å²) in [6.07, 6.45) is 7.00. The molecule has 1 saturated carbocycles. The lowest BCUT2D eigenvalue weighted by Gasteiger charge is -2.38. The van der Waals surface area contributed by atoms with Crippen molar-refractivity contribution in [2.75, 3.05) is 13.1 Å². The number of rotatable bonds is 5. The number of aromatic nitrogens is 1. The summed E-state index contributed by atoms with van der Waals surface area (Å²) in [7, 11) is 0. The molecule has 2 aliphatic rings. The summed E-state index contributed by atoms with van der Waals surface area (Å²) in [5, 5.41) is 11.0. The van der Waals surface area contributed by atoms with Crippen LogP contribution in [0.25, 0.3) is 0 Å². The van der Waals surface area contributed by atoms with Gasteiger partial charge in [0.2, 0.25) is 5.88 Å². The summed E-state index contributed by atoms with van der Waals surface area (Å²) in [6, 6.07) is 11.8. The molecule has 1 aliphatic heterocycles. The molecule has 2 fully saturated rings. The van der Waals surface area contributed by atoms with Gasteiger partial charge in [-0.1, -0.05) is 29.8 Å². The van der Waals surface area contributed by atoms with Crippen molar-refractivity contribution in [3.05, 3.63) is 59.3 Å². The number of hydrogen-bond acceptors (Lipinski definition) is 4. The summed E-state index contributed by atoms with van der Waals surface area (Å²) >= 11 is 0. The second-order valence-corrected chi connectivity index (χ2v) is 8.23. The fourth-order valence-electron chi connectivity index (χ4n) is 3.84. The highest BCUT2D eigenvalue weighted by Crippen LogP contribution is 2.28. The van der Waals surface area contributed by atoms with Crippen LogP contribution in [0.15, 0.2) is 42.6 Å². The Hall–Kier alpha value is -2.40. The first-order chi connectivity index (χ1) is 13.5. The van der Waals surface area contributed by atoms with Gasteiger partial charge in [0.1, 0.15) is 6.10 Å². The van der Waals surface area contributed by atoms with Crippen LogP contribution in [-0.2, 0) is 6.42 Å². The van der Waals surface area contributed by atoms with Gasteiger partial charge in [0.05, 0.1) is 5.60 Å². The Morgan fingerprint density at radius 3 is 2.57 bits per heavy atom. The molecule has 1 saturated heterocycles. The van der Waals surface area contributed by atoms with Gasteiger partial charge in [0.15, 0.2) is 0 Å². The average Bonchev–Trinajstić information content (AvgIpc) is 2.67. The number of piperidine rings is 1. The van der Waals surface area contributed by atoms with E-state index in [0.717, 1.165) is 18.4 Å². The summed E-state index contributed by atoms with van der Waals surface area (Å²) < 4.78 is 5.81. The maximum absolute atomic E-state index is 12.9. The number of aryl methyl sites for hydroxylation is 1. The third-order valence-corrected chi connectivity index (χ3v) is 5.96. The first kappa shape index (κ1) is 18.9. The number of nitrogens with zero attached hydrogens (tertiary/aromatic N) is 2. The van der Waals surface area contributed by atoms with E-state index in [1.165, 1.54) is 12.0 Å². The van der Waals surface area contributed by atoms with Crippen LogP contribution in [0, 0.1) is 6.92 Å². The van der Waals surface area contributed by atoms with Crippen LogP contribution in [0.2, 0.25) is 0 Å². The quantitative estimate of drug-likeness (QED) is 0.862. The first-order valence-electron chi connectivity index (χ1n) is 10.2. The van der Waals surface area contributed by atoms with Gasteiger partial charge in [-0.15, -0.1) is 0 Å². The minimum Gasteiger partial charge on any atom is -0.474 e. The van der Waals surface area contributed by atoms with Crippen LogP contribution < -0.4 is 4.74 Å². The van der Waals surface area contributed by atoms with Crippen LogP contribution in [0.3, 0.4) is 0 Å². The molecule has 0 atom stereocenters. The van der Waals surface area contributed by atoms with E-state index in [1.54, 1.807) is 18.3 Å². The Morgan fingerprint density at radius 1 is 1.21 bits per heavy atom. The SMILES string of the molecule is Cc1ccc(CC2(O)CCN(C(=O)c3ccnc(OC4CCC4)c3)CC2)cc1. The Kier molecular flexibility index (Phi) is 5.36. The standard InChI is InChI=1S/C23H28N2O3/c1-17-5-7-18(8-6-17)16-23(27)10-13-25(14-11-23)22(26)19-9-12-24-21(15-19)28-20-3-2-4-20/h5-9,12,15,20,27H,2-4,10-11,13-14,16H2,1H3. The predicted molar refractivity (Wildman–Crippen MR) is 107 cm³/mol. The Morgan fingerprint density at radius 2 is 1.93 bits per heavy atom. The molecule has 148 valence electrons. The largest absolute Gasteiger partial charge is 0.474 e. The molecule has 5 heteroatoms. The molecule has 1 aromatic heterocycles. The Balaban J connectivity index is 1.35. The minimum absolute atomic E-state index is 0.0155. The third kappa shape index (κ3) is 4.36. The molecule has 4 rings (SSSR count). The lowest BCUT2D eigenvalue weighted by Crippen LogP contribution is -2.47. The highest BCUT2D eigenvalue weighted by atomic mass is 16.5. The molecule has 1 aliphatic carbocycles. The maximum atomic E-state index is 12.9. The van der Waals surface area contributed by atoms with E-state index in [2.05, 4.69) is 36.2 Å². The topological polar surface area (TPSA) is 62.7 Å². The van der Waals surface area contributed by atoms with Crippen molar-refractivity contribution in [2.24, 2.45) is 0 Å². The summed E-state index contributed by atoms with van der Waals surface area (Å²) in [5.74, 6) is 0.515. The number of amides is 1. The zero-order valence-electron chi connectivity index (χ0n) is 16.4. The molecule has 2 aromatic rings. The molecule has 5 nitrogen and oxygen atoms in total. The molecule has 1 N–H and O–H groups in total. The van der Waals surface area contributed by atoms with Gasteiger partial charge in [-0.05, 0) is 50.7 Å². The molecule has 2 heterocycles. The molecule has 1 amide bonds. The zero-order chi connectivity index (χ0) is 19.6. The number of aliphatic hydroxyl groups is 1. The second kappa shape index (κ2) is 7.92. The second-order valence-electron chi connectivity index (χ2n) is 8.23. The molecule has 0 bridgehead atoms. The molecular weight excluding hydrogens is 352 g/mol. The smallest absolute Gasteiger partial charge is 0.254 e. The highest BCUT2D eigenvalue weighted by molar-refractivity contribution is 5.94. The van der Waals surface area contributed by atoms with E-state index in [9.17, 15) is 9.90 Å². The molecule has 0 spiro atoms. The van der Waals surface area contributed by atoms with Gasteiger partial charge in [0.25, 0.3) is 5.91 Å². The lowest BCUT2D eigenvalue weighted by atomic mass is 9.85. The minimum atomic E-state index is -0.747. The number of pyridine rings is 1. The van der Waals surface area contributed by atoms with Crippen molar-refractivity contribution in [3.63, 3.8) is 0 Å². The fraction of sp³-hybridized carbons (Fsp3) is 0.478. The van der Waals surface area contributed by atoms with E-state index in [4.69, 9.17) is 4.74 Å². The normalized spacial score (nSPS) is 19.1. The van der Waals surface area contributed by atoms with Crippen molar-refractivity contribution in [1.29, 1.82) is 0 Å². The van der Waals surface area contributed by atoms with Crippen molar-refractivity contribution < 1.29 is 14.6 Å². The molecule has 28 heavy (non-hydrogen) atoms. The number of likely N-dealkylation sites (tertiary alicyclic amines) is 1. The number of carbonyl (C=O) groups is 1. The average molecular weight is 380 g/mol.